The van der Waals surface area contributed by atoms with Gasteiger partial charge in [0.2, 0.25) is 5.91 Å². The van der Waals surface area contributed by atoms with E-state index in [9.17, 15) is 9.90 Å². The fraction of sp³-hybridized carbons (Fsp3) is 0.417. The lowest BCUT2D eigenvalue weighted by Gasteiger charge is -2.13. The lowest BCUT2D eigenvalue weighted by atomic mass is 10.1. The highest BCUT2D eigenvalue weighted by Gasteiger charge is 2.14. The van der Waals surface area contributed by atoms with Gasteiger partial charge in [0.15, 0.2) is 0 Å². The minimum atomic E-state index is -0.158. The van der Waals surface area contributed by atoms with E-state index < -0.39 is 0 Å². The van der Waals surface area contributed by atoms with Crippen molar-refractivity contribution in [2.45, 2.75) is 20.3 Å². The predicted molar refractivity (Wildman–Crippen MR) is 64.3 cm³/mol. The van der Waals surface area contributed by atoms with Crippen molar-refractivity contribution in [2.75, 3.05) is 11.9 Å². The first kappa shape index (κ1) is 12.5. The number of phenolic OH excluding ortho intramolecular Hbond substituents is 1. The van der Waals surface area contributed by atoms with Crippen molar-refractivity contribution in [3.8, 4) is 5.75 Å². The third-order valence-electron chi connectivity index (χ3n) is 2.61. The average Bonchev–Trinajstić information content (AvgIpc) is 2.25. The van der Waals surface area contributed by atoms with Gasteiger partial charge >= 0.3 is 0 Å². The van der Waals surface area contributed by atoms with E-state index in [1.165, 1.54) is 0 Å². The molecule has 4 nitrogen and oxygen atoms in total. The number of aryl methyl sites for hydroxylation is 1. The van der Waals surface area contributed by atoms with Crippen LogP contribution in [0.2, 0.25) is 0 Å². The van der Waals surface area contributed by atoms with E-state index in [4.69, 9.17) is 5.73 Å². The number of rotatable bonds is 4. The summed E-state index contributed by atoms with van der Waals surface area (Å²) >= 11 is 0. The number of phenols is 1. The fourth-order valence-electron chi connectivity index (χ4n) is 1.44. The number of carbonyl (C=O) groups excluding carboxylic acids is 1. The van der Waals surface area contributed by atoms with Gasteiger partial charge < -0.3 is 16.2 Å². The first-order valence-electron chi connectivity index (χ1n) is 5.39. The monoisotopic (exact) mass is 222 g/mol. The van der Waals surface area contributed by atoms with Crippen molar-refractivity contribution in [1.29, 1.82) is 0 Å². The van der Waals surface area contributed by atoms with E-state index in [0.717, 1.165) is 12.0 Å². The van der Waals surface area contributed by atoms with Gasteiger partial charge in [0.25, 0.3) is 0 Å². The maximum Gasteiger partial charge on any atom is 0.228 e. The highest BCUT2D eigenvalue weighted by molar-refractivity contribution is 5.92. The summed E-state index contributed by atoms with van der Waals surface area (Å²) in [5, 5.41) is 12.1. The molecule has 16 heavy (non-hydrogen) atoms. The van der Waals surface area contributed by atoms with Gasteiger partial charge in [-0.3, -0.25) is 4.79 Å². The third-order valence-corrected chi connectivity index (χ3v) is 2.61. The number of hydrogen-bond acceptors (Lipinski definition) is 3. The lowest BCUT2D eigenvalue weighted by molar-refractivity contribution is -0.119. The molecule has 1 amide bonds. The number of benzene rings is 1. The minimum Gasteiger partial charge on any atom is -0.508 e. The Balaban J connectivity index is 2.73. The first-order chi connectivity index (χ1) is 7.58. The Kier molecular flexibility index (Phi) is 4.31. The van der Waals surface area contributed by atoms with E-state index in [1.807, 2.05) is 6.92 Å². The summed E-state index contributed by atoms with van der Waals surface area (Å²) in [4.78, 5) is 11.7. The molecular weight excluding hydrogens is 204 g/mol. The Morgan fingerprint density at radius 2 is 2.25 bits per heavy atom. The summed E-state index contributed by atoms with van der Waals surface area (Å²) in [6, 6.07) is 4.97. The Morgan fingerprint density at radius 1 is 1.56 bits per heavy atom. The van der Waals surface area contributed by atoms with Crippen LogP contribution >= 0.6 is 0 Å². The molecule has 1 unspecified atom stereocenters. The number of amides is 1. The van der Waals surface area contributed by atoms with E-state index >= 15 is 0 Å². The number of aromatic hydroxyl groups is 1. The van der Waals surface area contributed by atoms with E-state index in [1.54, 1.807) is 25.1 Å². The molecule has 4 N–H and O–H groups in total. The Bertz CT molecular complexity index is 373. The molecule has 1 rings (SSSR count). The predicted octanol–water partition coefficient (Wildman–Crippen LogP) is 1.62. The highest BCUT2D eigenvalue weighted by atomic mass is 16.3. The van der Waals surface area contributed by atoms with E-state index in [0.29, 0.717) is 12.2 Å². The molecule has 1 aromatic rings. The van der Waals surface area contributed by atoms with Crippen LogP contribution in [-0.2, 0) is 4.79 Å². The molecule has 0 radical (unpaired) electrons. The van der Waals surface area contributed by atoms with E-state index in [2.05, 4.69) is 5.32 Å². The van der Waals surface area contributed by atoms with Crippen molar-refractivity contribution < 1.29 is 9.90 Å². The Hall–Kier alpha value is -1.55. The number of nitrogens with one attached hydrogen (secondary N) is 1. The van der Waals surface area contributed by atoms with Crippen LogP contribution in [0.4, 0.5) is 5.69 Å². The molecule has 0 aliphatic heterocycles. The molecule has 0 spiro atoms. The van der Waals surface area contributed by atoms with Gasteiger partial charge in [-0.25, -0.2) is 0 Å². The number of carbonyl (C=O) groups is 1. The number of anilines is 1. The van der Waals surface area contributed by atoms with Gasteiger partial charge in [0, 0.05) is 12.2 Å². The van der Waals surface area contributed by atoms with Gasteiger partial charge in [-0.2, -0.15) is 0 Å². The smallest absolute Gasteiger partial charge is 0.228 e. The Labute approximate surface area is 95.5 Å². The van der Waals surface area contributed by atoms with Crippen LogP contribution < -0.4 is 11.1 Å². The van der Waals surface area contributed by atoms with Crippen molar-refractivity contribution >= 4 is 11.6 Å². The topological polar surface area (TPSA) is 75.4 Å². The maximum atomic E-state index is 11.7. The van der Waals surface area contributed by atoms with Crippen LogP contribution in [0.3, 0.4) is 0 Å². The molecule has 0 saturated carbocycles. The largest absolute Gasteiger partial charge is 0.508 e. The van der Waals surface area contributed by atoms with Crippen LogP contribution in [0, 0.1) is 12.8 Å². The third kappa shape index (κ3) is 2.97. The minimum absolute atomic E-state index is 0.0740. The van der Waals surface area contributed by atoms with Crippen LogP contribution in [-0.4, -0.2) is 17.6 Å². The second-order valence-electron chi connectivity index (χ2n) is 3.83. The summed E-state index contributed by atoms with van der Waals surface area (Å²) in [5.74, 6) is -0.00642. The van der Waals surface area contributed by atoms with E-state index in [-0.39, 0.29) is 17.6 Å². The lowest BCUT2D eigenvalue weighted by Crippen LogP contribution is -2.28. The standard InChI is InChI=1S/C12H18N2O2/c1-3-9(7-13)12(16)14-10-4-5-11(15)8(2)6-10/h4-6,9,15H,3,7,13H2,1-2H3,(H,14,16). The molecule has 1 aromatic carbocycles. The summed E-state index contributed by atoms with van der Waals surface area (Å²) in [5.41, 5.74) is 6.91. The summed E-state index contributed by atoms with van der Waals surface area (Å²) in [6.07, 6.45) is 0.722. The van der Waals surface area contributed by atoms with Gasteiger partial charge in [-0.1, -0.05) is 6.92 Å². The summed E-state index contributed by atoms with van der Waals surface area (Å²) < 4.78 is 0. The van der Waals surface area contributed by atoms with Crippen molar-refractivity contribution in [3.05, 3.63) is 23.8 Å². The van der Waals surface area contributed by atoms with Crippen LogP contribution in [0.15, 0.2) is 18.2 Å². The first-order valence-corrected chi connectivity index (χ1v) is 5.39. The number of nitrogens with two attached hydrogens (primary N) is 1. The molecule has 1 atom stereocenters. The second kappa shape index (κ2) is 5.51. The van der Waals surface area contributed by atoms with Crippen LogP contribution in [0.5, 0.6) is 5.75 Å². The molecule has 0 saturated heterocycles. The van der Waals surface area contributed by atoms with Gasteiger partial charge in [0.1, 0.15) is 5.75 Å². The van der Waals surface area contributed by atoms with Crippen molar-refractivity contribution in [2.24, 2.45) is 11.7 Å². The average molecular weight is 222 g/mol. The second-order valence-corrected chi connectivity index (χ2v) is 3.83. The molecule has 0 heterocycles. The maximum absolute atomic E-state index is 11.7. The van der Waals surface area contributed by atoms with Gasteiger partial charge in [-0.05, 0) is 37.1 Å². The number of hydrogen-bond donors (Lipinski definition) is 3. The molecular formula is C12H18N2O2. The molecule has 88 valence electrons. The zero-order valence-corrected chi connectivity index (χ0v) is 9.66. The molecule has 0 bridgehead atoms. The Morgan fingerprint density at radius 3 is 2.75 bits per heavy atom. The summed E-state index contributed by atoms with van der Waals surface area (Å²) in [7, 11) is 0. The van der Waals surface area contributed by atoms with Gasteiger partial charge in [-0.15, -0.1) is 0 Å². The SMILES string of the molecule is CCC(CN)C(=O)Nc1ccc(O)c(C)c1. The summed E-state index contributed by atoms with van der Waals surface area (Å²) in [6.45, 7) is 4.06. The normalized spacial score (nSPS) is 12.2. The van der Waals surface area contributed by atoms with Crippen LogP contribution in [0.25, 0.3) is 0 Å². The van der Waals surface area contributed by atoms with Crippen LogP contribution in [0.1, 0.15) is 18.9 Å². The quantitative estimate of drug-likeness (QED) is 0.678. The zero-order chi connectivity index (χ0) is 12.1. The highest BCUT2D eigenvalue weighted by Crippen LogP contribution is 2.20. The fourth-order valence-corrected chi connectivity index (χ4v) is 1.44. The molecule has 0 fully saturated rings. The molecule has 4 heteroatoms. The van der Waals surface area contributed by atoms with Crippen molar-refractivity contribution in [1.82, 2.24) is 0 Å². The van der Waals surface area contributed by atoms with Crippen molar-refractivity contribution in [3.63, 3.8) is 0 Å². The molecule has 0 aliphatic carbocycles. The molecule has 0 aliphatic rings. The molecule has 0 aromatic heterocycles. The zero-order valence-electron chi connectivity index (χ0n) is 9.66. The van der Waals surface area contributed by atoms with Gasteiger partial charge in [0.05, 0.1) is 5.92 Å².